The number of nitrogens with one attached hydrogen (secondary N) is 2. The minimum absolute atomic E-state index is 0.104. The van der Waals surface area contributed by atoms with Gasteiger partial charge in [0.1, 0.15) is 18.1 Å². The van der Waals surface area contributed by atoms with Crippen LogP contribution in [0.25, 0.3) is 0 Å². The summed E-state index contributed by atoms with van der Waals surface area (Å²) in [5, 5.41) is 5.74. The smallest absolute Gasteiger partial charge is 0.287 e. The van der Waals surface area contributed by atoms with Crippen LogP contribution in [0.3, 0.4) is 0 Å². The van der Waals surface area contributed by atoms with Gasteiger partial charge >= 0.3 is 0 Å². The molecule has 3 aromatic rings. The third kappa shape index (κ3) is 5.87. The largest absolute Gasteiger partial charge is 0.486 e. The van der Waals surface area contributed by atoms with Crippen molar-refractivity contribution in [3.05, 3.63) is 81.7 Å². The van der Waals surface area contributed by atoms with Crippen molar-refractivity contribution in [1.82, 2.24) is 5.32 Å². The van der Waals surface area contributed by atoms with Crippen LogP contribution < -0.4 is 15.4 Å². The van der Waals surface area contributed by atoms with E-state index in [2.05, 4.69) is 26.6 Å². The van der Waals surface area contributed by atoms with Crippen LogP contribution in [-0.2, 0) is 11.4 Å². The van der Waals surface area contributed by atoms with Gasteiger partial charge in [-0.05, 0) is 54.6 Å². The zero-order valence-electron chi connectivity index (χ0n) is 14.6. The van der Waals surface area contributed by atoms with E-state index in [0.717, 1.165) is 4.47 Å². The van der Waals surface area contributed by atoms with Gasteiger partial charge < -0.3 is 19.8 Å². The van der Waals surface area contributed by atoms with E-state index in [1.54, 1.807) is 30.3 Å². The first-order valence-electron chi connectivity index (χ1n) is 8.30. The summed E-state index contributed by atoms with van der Waals surface area (Å²) in [7, 11) is 0. The number of hydrogen-bond donors (Lipinski definition) is 2. The van der Waals surface area contributed by atoms with Crippen molar-refractivity contribution in [3.63, 3.8) is 0 Å². The molecule has 0 aliphatic carbocycles. The summed E-state index contributed by atoms with van der Waals surface area (Å²) in [6, 6.07) is 17.3. The Morgan fingerprint density at radius 1 is 1.07 bits per heavy atom. The predicted octanol–water partition coefficient (Wildman–Crippen LogP) is 4.64. The summed E-state index contributed by atoms with van der Waals surface area (Å²) in [4.78, 5) is 24.0. The number of hydrogen-bond acceptors (Lipinski definition) is 4. The topological polar surface area (TPSA) is 80.6 Å². The molecule has 28 heavy (non-hydrogen) atoms. The number of furan rings is 1. The first-order chi connectivity index (χ1) is 13.5. The van der Waals surface area contributed by atoms with Crippen LogP contribution in [-0.4, -0.2) is 18.4 Å². The van der Waals surface area contributed by atoms with Gasteiger partial charge in [0, 0.05) is 15.2 Å². The standard InChI is InChI=1S/C20H16BrClN2O4/c21-13-2-1-3-16(10-13)27-12-17-8-9-18(28-17)20(26)23-11-19(25)24-15-6-4-14(22)5-7-15/h1-10H,11-12H2,(H,23,26)(H,24,25). The van der Waals surface area contributed by atoms with E-state index in [4.69, 9.17) is 20.8 Å². The molecule has 0 aliphatic rings. The lowest BCUT2D eigenvalue weighted by Gasteiger charge is -2.06. The molecule has 1 aromatic heterocycles. The Balaban J connectivity index is 1.47. The maximum Gasteiger partial charge on any atom is 0.287 e. The quantitative estimate of drug-likeness (QED) is 0.535. The Bertz CT molecular complexity index is 972. The first kappa shape index (κ1) is 20.0. The average molecular weight is 464 g/mol. The molecule has 0 radical (unpaired) electrons. The van der Waals surface area contributed by atoms with Gasteiger partial charge in [-0.2, -0.15) is 0 Å². The number of amides is 2. The van der Waals surface area contributed by atoms with Gasteiger partial charge in [0.2, 0.25) is 5.91 Å². The molecule has 3 rings (SSSR count). The van der Waals surface area contributed by atoms with E-state index in [-0.39, 0.29) is 24.8 Å². The predicted molar refractivity (Wildman–Crippen MR) is 110 cm³/mol. The van der Waals surface area contributed by atoms with Crippen LogP contribution in [0.4, 0.5) is 5.69 Å². The minimum atomic E-state index is -0.486. The number of ether oxygens (including phenoxy) is 1. The summed E-state index contributed by atoms with van der Waals surface area (Å²) < 4.78 is 12.0. The highest BCUT2D eigenvalue weighted by Crippen LogP contribution is 2.19. The van der Waals surface area contributed by atoms with E-state index in [1.807, 2.05) is 24.3 Å². The molecular weight excluding hydrogens is 448 g/mol. The third-order valence-electron chi connectivity index (χ3n) is 3.60. The lowest BCUT2D eigenvalue weighted by Crippen LogP contribution is -2.32. The summed E-state index contributed by atoms with van der Waals surface area (Å²) in [5.41, 5.74) is 0.591. The second-order valence-corrected chi connectivity index (χ2v) is 7.10. The summed E-state index contributed by atoms with van der Waals surface area (Å²) in [6.45, 7) is -0.00712. The molecule has 0 fully saturated rings. The molecule has 0 bridgehead atoms. The van der Waals surface area contributed by atoms with Crippen LogP contribution in [0.5, 0.6) is 5.75 Å². The summed E-state index contributed by atoms with van der Waals surface area (Å²) in [6.07, 6.45) is 0. The van der Waals surface area contributed by atoms with Crippen LogP contribution in [0.15, 0.2) is 69.6 Å². The molecule has 0 unspecified atom stereocenters. The van der Waals surface area contributed by atoms with E-state index >= 15 is 0 Å². The van der Waals surface area contributed by atoms with Crippen LogP contribution in [0.1, 0.15) is 16.3 Å². The molecule has 0 saturated heterocycles. The number of benzene rings is 2. The molecule has 0 atom stereocenters. The molecule has 6 nitrogen and oxygen atoms in total. The van der Waals surface area contributed by atoms with Gasteiger partial charge in [0.25, 0.3) is 5.91 Å². The van der Waals surface area contributed by atoms with Crippen molar-refractivity contribution in [2.45, 2.75) is 6.61 Å². The van der Waals surface area contributed by atoms with Crippen LogP contribution >= 0.6 is 27.5 Å². The van der Waals surface area contributed by atoms with E-state index in [9.17, 15) is 9.59 Å². The van der Waals surface area contributed by atoms with Crippen molar-refractivity contribution in [1.29, 1.82) is 0 Å². The Morgan fingerprint density at radius 2 is 1.86 bits per heavy atom. The molecule has 2 N–H and O–H groups in total. The Hall–Kier alpha value is -2.77. The van der Waals surface area contributed by atoms with Crippen LogP contribution in [0, 0.1) is 0 Å². The Morgan fingerprint density at radius 3 is 2.61 bits per heavy atom. The Labute approximate surface area is 175 Å². The van der Waals surface area contributed by atoms with Gasteiger partial charge in [0.15, 0.2) is 5.76 Å². The highest BCUT2D eigenvalue weighted by molar-refractivity contribution is 9.10. The zero-order chi connectivity index (χ0) is 19.9. The molecule has 2 amide bonds. The fourth-order valence-corrected chi connectivity index (χ4v) is 2.78. The van der Waals surface area contributed by atoms with Crippen LogP contribution in [0.2, 0.25) is 5.02 Å². The zero-order valence-corrected chi connectivity index (χ0v) is 16.9. The third-order valence-corrected chi connectivity index (χ3v) is 4.35. The van der Waals surface area contributed by atoms with Crippen molar-refractivity contribution in [2.75, 3.05) is 11.9 Å². The molecule has 0 aliphatic heterocycles. The summed E-state index contributed by atoms with van der Waals surface area (Å²) >= 11 is 9.16. The number of carbonyl (C=O) groups excluding carboxylic acids is 2. The number of carbonyl (C=O) groups is 2. The first-order valence-corrected chi connectivity index (χ1v) is 9.47. The maximum atomic E-state index is 12.1. The molecule has 1 heterocycles. The summed E-state index contributed by atoms with van der Waals surface area (Å²) in [5.74, 6) is 0.430. The molecule has 0 spiro atoms. The van der Waals surface area contributed by atoms with Crippen molar-refractivity contribution < 1.29 is 18.7 Å². The normalized spacial score (nSPS) is 10.4. The fraction of sp³-hybridized carbons (Fsp3) is 0.100. The molecule has 2 aromatic carbocycles. The van der Waals surface area contributed by atoms with E-state index in [1.165, 1.54) is 6.07 Å². The number of rotatable bonds is 7. The number of anilines is 1. The second kappa shape index (κ2) is 9.43. The molecular formula is C20H16BrClN2O4. The monoisotopic (exact) mass is 462 g/mol. The Kier molecular flexibility index (Phi) is 6.73. The lowest BCUT2D eigenvalue weighted by atomic mass is 10.3. The maximum absolute atomic E-state index is 12.1. The molecule has 0 saturated carbocycles. The van der Waals surface area contributed by atoms with Gasteiger partial charge in [-0.25, -0.2) is 0 Å². The fourth-order valence-electron chi connectivity index (χ4n) is 2.27. The van der Waals surface area contributed by atoms with E-state index < -0.39 is 5.91 Å². The van der Waals surface area contributed by atoms with Crippen molar-refractivity contribution >= 4 is 45.0 Å². The van der Waals surface area contributed by atoms with Crippen molar-refractivity contribution in [2.24, 2.45) is 0 Å². The SMILES string of the molecule is O=C(CNC(=O)c1ccc(COc2cccc(Br)c2)o1)Nc1ccc(Cl)cc1. The van der Waals surface area contributed by atoms with E-state index in [0.29, 0.717) is 22.2 Å². The number of halogens is 2. The minimum Gasteiger partial charge on any atom is -0.486 e. The van der Waals surface area contributed by atoms with Crippen molar-refractivity contribution in [3.8, 4) is 5.75 Å². The lowest BCUT2D eigenvalue weighted by molar-refractivity contribution is -0.115. The van der Waals surface area contributed by atoms with Gasteiger partial charge in [0.05, 0.1) is 6.54 Å². The van der Waals surface area contributed by atoms with Gasteiger partial charge in [-0.1, -0.05) is 33.6 Å². The molecule has 144 valence electrons. The highest BCUT2D eigenvalue weighted by atomic mass is 79.9. The highest BCUT2D eigenvalue weighted by Gasteiger charge is 2.13. The van der Waals surface area contributed by atoms with Gasteiger partial charge in [-0.3, -0.25) is 9.59 Å². The van der Waals surface area contributed by atoms with Gasteiger partial charge in [-0.15, -0.1) is 0 Å². The molecule has 8 heteroatoms. The average Bonchev–Trinajstić information content (AvgIpc) is 3.16. The second-order valence-electron chi connectivity index (χ2n) is 5.75.